The Bertz CT molecular complexity index is 477. The number of nitrogens with two attached hydrogens (primary N) is 2. The van der Waals surface area contributed by atoms with Gasteiger partial charge in [0.25, 0.3) is 0 Å². The molecule has 0 aliphatic carbocycles. The summed E-state index contributed by atoms with van der Waals surface area (Å²) in [6.07, 6.45) is 0. The second-order valence-corrected chi connectivity index (χ2v) is 2.59. The first-order valence-electron chi connectivity index (χ1n) is 3.50. The smallest absolute Gasteiger partial charge is 0.456 e. The summed E-state index contributed by atoms with van der Waals surface area (Å²) in [5.41, 5.74) is 11.0. The van der Waals surface area contributed by atoms with E-state index in [1.165, 1.54) is 12.1 Å². The van der Waals surface area contributed by atoms with Gasteiger partial charge in [0, 0.05) is 0 Å². The molecule has 0 bridgehead atoms. The summed E-state index contributed by atoms with van der Waals surface area (Å²) in [7, 11) is 0. The van der Waals surface area contributed by atoms with Gasteiger partial charge in [0.2, 0.25) is 11.1 Å². The topological polar surface area (TPSA) is 112 Å². The van der Waals surface area contributed by atoms with Crippen LogP contribution in [0.4, 0.5) is 11.7 Å². The highest BCUT2D eigenvalue weighted by molar-refractivity contribution is 5.87. The van der Waals surface area contributed by atoms with Crippen molar-refractivity contribution in [2.24, 2.45) is 0 Å². The Balaban J connectivity index is 3.00. The van der Waals surface area contributed by atoms with Gasteiger partial charge in [0.05, 0.1) is 5.69 Å². The van der Waals surface area contributed by atoms with Crippen molar-refractivity contribution in [1.29, 1.82) is 0 Å². The van der Waals surface area contributed by atoms with E-state index < -0.39 is 0 Å². The van der Waals surface area contributed by atoms with Gasteiger partial charge in [-0.3, -0.25) is 5.73 Å². The van der Waals surface area contributed by atoms with Gasteiger partial charge in [-0.1, -0.05) is 0 Å². The van der Waals surface area contributed by atoms with Crippen molar-refractivity contribution in [2.45, 2.75) is 0 Å². The Kier molecular flexibility index (Phi) is 1.27. The van der Waals surface area contributed by atoms with Crippen molar-refractivity contribution < 1.29 is 14.3 Å². The molecular weight excluding hydrogens is 174 g/mol. The molecule has 1 heterocycles. The minimum absolute atomic E-state index is 0.0440. The monoisotopic (exact) mass is 181 g/mol. The first-order chi connectivity index (χ1) is 6.11. The minimum Gasteiger partial charge on any atom is -0.708 e. The lowest BCUT2D eigenvalue weighted by molar-refractivity contribution is -0.565. The van der Waals surface area contributed by atoms with Crippen LogP contribution in [-0.4, -0.2) is 5.11 Å². The Morgan fingerprint density at radius 3 is 2.69 bits per heavy atom. The molecule has 2 rings (SSSR count). The second-order valence-electron chi connectivity index (χ2n) is 2.59. The van der Waals surface area contributed by atoms with E-state index >= 15 is 0 Å². The Morgan fingerprint density at radius 2 is 2.08 bits per heavy atom. The average molecular weight is 181 g/mol. The molecule has 0 unspecified atom stereocenters. The fourth-order valence-electron chi connectivity index (χ4n) is 1.14. The van der Waals surface area contributed by atoms with Gasteiger partial charge in [0.15, 0.2) is 5.75 Å². The number of phenolic OH excluding ortho intramolecular Hbond substituents is 1. The van der Waals surface area contributed by atoms with Gasteiger partial charge in [-0.2, -0.15) is 4.73 Å². The molecule has 68 valence electrons. The molecule has 1 aromatic heterocycles. The molecule has 1 aromatic carbocycles. The molecule has 0 aliphatic heterocycles. The van der Waals surface area contributed by atoms with Crippen LogP contribution in [0.3, 0.4) is 0 Å². The summed E-state index contributed by atoms with van der Waals surface area (Å²) in [6, 6.07) is 2.39. The third-order valence-electron chi connectivity index (χ3n) is 1.75. The maximum Gasteiger partial charge on any atom is 0.456 e. The van der Waals surface area contributed by atoms with E-state index in [0.717, 1.165) is 0 Å². The van der Waals surface area contributed by atoms with E-state index in [4.69, 9.17) is 15.9 Å². The fourth-order valence-corrected chi connectivity index (χ4v) is 1.14. The summed E-state index contributed by atoms with van der Waals surface area (Å²) in [5.74, 6) is -0.209. The predicted octanol–water partition coefficient (Wildman–Crippen LogP) is -0.0638. The summed E-state index contributed by atoms with van der Waals surface area (Å²) in [4.78, 5) is 0. The SMILES string of the molecule is Nc1ccc(O)c2c1oc(N)[n+]2[O-]. The van der Waals surface area contributed by atoms with Crippen LogP contribution in [0.5, 0.6) is 5.75 Å². The first-order valence-corrected chi connectivity index (χ1v) is 3.50. The number of nitrogen functional groups attached to an aromatic ring is 2. The summed E-state index contributed by atoms with van der Waals surface area (Å²) in [5, 5.41) is 20.5. The normalized spacial score (nSPS) is 10.8. The molecule has 5 N–H and O–H groups in total. The van der Waals surface area contributed by atoms with Crippen LogP contribution in [0.2, 0.25) is 0 Å². The van der Waals surface area contributed by atoms with E-state index in [2.05, 4.69) is 0 Å². The van der Waals surface area contributed by atoms with Gasteiger partial charge < -0.3 is 20.5 Å². The lowest BCUT2D eigenvalue weighted by atomic mass is 10.2. The van der Waals surface area contributed by atoms with Gasteiger partial charge in [0.1, 0.15) is 0 Å². The molecule has 0 atom stereocenters. The molecule has 2 aromatic rings. The molecule has 0 aliphatic rings. The lowest BCUT2D eigenvalue weighted by Gasteiger charge is -1.99. The van der Waals surface area contributed by atoms with Crippen LogP contribution in [-0.2, 0) is 0 Å². The van der Waals surface area contributed by atoms with Crippen molar-refractivity contribution in [3.05, 3.63) is 17.3 Å². The van der Waals surface area contributed by atoms with E-state index in [1.807, 2.05) is 0 Å². The molecule has 0 amide bonds. The van der Waals surface area contributed by atoms with E-state index in [0.29, 0.717) is 4.73 Å². The number of aromatic hydroxyl groups is 1. The highest BCUT2D eigenvalue weighted by Crippen LogP contribution is 2.28. The number of phenols is 1. The molecule has 0 saturated heterocycles. The fraction of sp³-hybridized carbons (Fsp3) is 0. The van der Waals surface area contributed by atoms with Crippen molar-refractivity contribution in [3.8, 4) is 5.75 Å². The maximum absolute atomic E-state index is 11.2. The van der Waals surface area contributed by atoms with Crippen molar-refractivity contribution in [1.82, 2.24) is 0 Å². The zero-order valence-electron chi connectivity index (χ0n) is 6.52. The van der Waals surface area contributed by atoms with Crippen LogP contribution in [0.15, 0.2) is 16.5 Å². The number of aromatic nitrogens is 1. The molecule has 0 fully saturated rings. The summed E-state index contributed by atoms with van der Waals surface area (Å²) in [6.45, 7) is 0. The van der Waals surface area contributed by atoms with Gasteiger partial charge in [-0.15, -0.1) is 0 Å². The van der Waals surface area contributed by atoms with Crippen LogP contribution in [0, 0.1) is 5.21 Å². The number of oxazole rings is 1. The van der Waals surface area contributed by atoms with E-state index in [9.17, 15) is 10.3 Å². The molecule has 6 heteroatoms. The van der Waals surface area contributed by atoms with Gasteiger partial charge in [-0.25, -0.2) is 0 Å². The zero-order valence-corrected chi connectivity index (χ0v) is 6.52. The number of fused-ring (bicyclic) bond motifs is 1. The third kappa shape index (κ3) is 0.851. The van der Waals surface area contributed by atoms with Crippen LogP contribution >= 0.6 is 0 Å². The van der Waals surface area contributed by atoms with Crippen LogP contribution < -0.4 is 16.2 Å². The number of benzene rings is 1. The highest BCUT2D eigenvalue weighted by atomic mass is 16.5. The van der Waals surface area contributed by atoms with E-state index in [-0.39, 0.29) is 28.6 Å². The molecule has 0 spiro atoms. The second kappa shape index (κ2) is 2.19. The standard InChI is InChI=1S/C7H7N3O3/c8-3-1-2-4(11)5-6(3)13-7(9)10(5)12/h1-2,11H,8-9H2. The van der Waals surface area contributed by atoms with Crippen molar-refractivity contribution >= 4 is 22.8 Å². The number of rotatable bonds is 0. The first kappa shape index (κ1) is 7.53. The Morgan fingerprint density at radius 1 is 1.38 bits per heavy atom. The molecule has 0 saturated carbocycles. The minimum atomic E-state index is -0.344. The maximum atomic E-state index is 11.2. The van der Waals surface area contributed by atoms with Crippen molar-refractivity contribution in [2.75, 3.05) is 11.5 Å². The average Bonchev–Trinajstić information content (AvgIpc) is 2.38. The van der Waals surface area contributed by atoms with Crippen LogP contribution in [0.1, 0.15) is 0 Å². The zero-order chi connectivity index (χ0) is 9.59. The lowest BCUT2D eigenvalue weighted by Crippen LogP contribution is -2.27. The number of anilines is 2. The Labute approximate surface area is 72.6 Å². The Hall–Kier alpha value is -2.11. The molecule has 13 heavy (non-hydrogen) atoms. The van der Waals surface area contributed by atoms with E-state index in [1.54, 1.807) is 0 Å². The van der Waals surface area contributed by atoms with Gasteiger partial charge in [-0.05, 0) is 12.1 Å². The third-order valence-corrected chi connectivity index (χ3v) is 1.75. The van der Waals surface area contributed by atoms with Crippen LogP contribution in [0.25, 0.3) is 11.1 Å². The number of nitrogens with zero attached hydrogens (tertiary/aromatic N) is 1. The number of hydrogen-bond donors (Lipinski definition) is 3. The quantitative estimate of drug-likeness (QED) is 0.228. The largest absolute Gasteiger partial charge is 0.708 e. The summed E-state index contributed by atoms with van der Waals surface area (Å²) >= 11 is 0. The highest BCUT2D eigenvalue weighted by Gasteiger charge is 2.17. The van der Waals surface area contributed by atoms with Crippen molar-refractivity contribution in [3.63, 3.8) is 0 Å². The van der Waals surface area contributed by atoms with Gasteiger partial charge >= 0.3 is 6.01 Å². The number of hydrogen-bond acceptors (Lipinski definition) is 5. The molecule has 0 radical (unpaired) electrons. The molecule has 6 nitrogen and oxygen atoms in total. The molecular formula is C7H7N3O3. The predicted molar refractivity (Wildman–Crippen MR) is 45.7 cm³/mol. The summed E-state index contributed by atoms with van der Waals surface area (Å²) < 4.78 is 5.15.